The third kappa shape index (κ3) is 6.63. The van der Waals surface area contributed by atoms with Crippen LogP contribution in [0, 0.1) is 0 Å². The van der Waals surface area contributed by atoms with Crippen molar-refractivity contribution in [2.45, 2.75) is 68.7 Å². The van der Waals surface area contributed by atoms with Crippen LogP contribution in [0.4, 0.5) is 0 Å². The van der Waals surface area contributed by atoms with Gasteiger partial charge in [0.1, 0.15) is 5.75 Å². The van der Waals surface area contributed by atoms with E-state index in [2.05, 4.69) is 0 Å². The van der Waals surface area contributed by atoms with Crippen molar-refractivity contribution < 1.29 is 17.9 Å². The van der Waals surface area contributed by atoms with E-state index in [1.54, 1.807) is 12.1 Å². The topological polar surface area (TPSA) is 63.7 Å². The molecular formula is C20H31NO4S. The average molecular weight is 382 g/mol. The molecule has 1 aliphatic carbocycles. The smallest absolute Gasteiger partial charge is 0.222 e. The van der Waals surface area contributed by atoms with E-state index in [0.717, 1.165) is 12.8 Å². The molecule has 0 N–H and O–H groups in total. The number of hydrogen-bond donors (Lipinski definition) is 0. The Morgan fingerprint density at radius 1 is 1.08 bits per heavy atom. The maximum absolute atomic E-state index is 12.4. The standard InChI is InChI=1S/C20H31NO4S/c1-21(17-9-6-4-3-5-7-10-17)20(22)11-8-16-25-18-12-14-19(15-13-18)26(2,23)24/h12-15,17H,3-11,16H2,1-2H3. The fraction of sp³-hybridized carbons (Fsp3) is 0.650. The fourth-order valence-corrected chi connectivity index (χ4v) is 4.03. The third-order valence-electron chi connectivity index (χ3n) is 5.07. The SMILES string of the molecule is CN(C(=O)CCCOc1ccc(S(C)(=O)=O)cc1)C1CCCCCCC1. The van der Waals surface area contributed by atoms with Crippen LogP contribution in [-0.4, -0.2) is 45.2 Å². The van der Waals surface area contributed by atoms with E-state index >= 15 is 0 Å². The number of ether oxygens (including phenoxy) is 1. The molecule has 0 atom stereocenters. The van der Waals surface area contributed by atoms with Crippen LogP contribution in [0.2, 0.25) is 0 Å². The first-order chi connectivity index (χ1) is 12.4. The van der Waals surface area contributed by atoms with E-state index in [1.807, 2.05) is 11.9 Å². The van der Waals surface area contributed by atoms with Crippen LogP contribution in [0.15, 0.2) is 29.2 Å². The summed E-state index contributed by atoms with van der Waals surface area (Å²) in [5.41, 5.74) is 0. The van der Waals surface area contributed by atoms with Crippen molar-refractivity contribution in [3.8, 4) is 5.75 Å². The van der Waals surface area contributed by atoms with Gasteiger partial charge in [-0.1, -0.05) is 32.1 Å². The highest BCUT2D eigenvalue weighted by Crippen LogP contribution is 2.21. The lowest BCUT2D eigenvalue weighted by atomic mass is 9.95. The van der Waals surface area contributed by atoms with Crippen molar-refractivity contribution in [3.63, 3.8) is 0 Å². The van der Waals surface area contributed by atoms with E-state index in [4.69, 9.17) is 4.74 Å². The molecule has 1 saturated carbocycles. The summed E-state index contributed by atoms with van der Waals surface area (Å²) in [6, 6.07) is 6.76. The molecule has 0 saturated heterocycles. The first-order valence-corrected chi connectivity index (χ1v) is 11.5. The molecule has 1 aromatic rings. The summed E-state index contributed by atoms with van der Waals surface area (Å²) in [6.45, 7) is 0.447. The minimum Gasteiger partial charge on any atom is -0.494 e. The summed E-state index contributed by atoms with van der Waals surface area (Å²) in [6.07, 6.45) is 10.9. The van der Waals surface area contributed by atoms with Crippen LogP contribution < -0.4 is 4.74 Å². The lowest BCUT2D eigenvalue weighted by molar-refractivity contribution is -0.132. The summed E-state index contributed by atoms with van der Waals surface area (Å²) in [7, 11) is -1.26. The fourth-order valence-electron chi connectivity index (χ4n) is 3.40. The minimum absolute atomic E-state index is 0.187. The quantitative estimate of drug-likeness (QED) is 0.674. The van der Waals surface area contributed by atoms with Gasteiger partial charge < -0.3 is 9.64 Å². The molecule has 1 amide bonds. The minimum atomic E-state index is -3.19. The van der Waals surface area contributed by atoms with Gasteiger partial charge in [0.25, 0.3) is 0 Å². The molecule has 0 spiro atoms. The summed E-state index contributed by atoms with van der Waals surface area (Å²) in [5, 5.41) is 0. The number of hydrogen-bond acceptors (Lipinski definition) is 4. The Morgan fingerprint density at radius 2 is 1.65 bits per heavy atom. The molecule has 6 heteroatoms. The van der Waals surface area contributed by atoms with Gasteiger partial charge in [0.15, 0.2) is 9.84 Å². The normalized spacial score (nSPS) is 16.5. The first kappa shape index (κ1) is 20.7. The highest BCUT2D eigenvalue weighted by molar-refractivity contribution is 7.90. The molecule has 26 heavy (non-hydrogen) atoms. The van der Waals surface area contributed by atoms with E-state index in [-0.39, 0.29) is 10.8 Å². The number of rotatable bonds is 7. The Hall–Kier alpha value is -1.56. The van der Waals surface area contributed by atoms with Gasteiger partial charge in [-0.2, -0.15) is 0 Å². The number of benzene rings is 1. The molecule has 0 unspecified atom stereocenters. The Morgan fingerprint density at radius 3 is 2.23 bits per heavy atom. The van der Waals surface area contributed by atoms with Crippen LogP contribution >= 0.6 is 0 Å². The Bertz CT molecular complexity index is 662. The Kier molecular flexibility index (Phi) is 7.94. The molecule has 0 radical (unpaired) electrons. The summed E-state index contributed by atoms with van der Waals surface area (Å²) >= 11 is 0. The van der Waals surface area contributed by atoms with Crippen LogP contribution in [0.3, 0.4) is 0 Å². The molecule has 0 heterocycles. The van der Waals surface area contributed by atoms with Gasteiger partial charge in [0.2, 0.25) is 5.91 Å². The van der Waals surface area contributed by atoms with Crippen molar-refractivity contribution in [1.29, 1.82) is 0 Å². The van der Waals surface area contributed by atoms with Crippen molar-refractivity contribution in [1.82, 2.24) is 4.90 Å². The molecule has 5 nitrogen and oxygen atoms in total. The first-order valence-electron chi connectivity index (χ1n) is 9.56. The highest BCUT2D eigenvalue weighted by Gasteiger charge is 2.20. The number of nitrogens with zero attached hydrogens (tertiary/aromatic N) is 1. The number of sulfone groups is 1. The van der Waals surface area contributed by atoms with Gasteiger partial charge in [-0.3, -0.25) is 4.79 Å². The molecular weight excluding hydrogens is 350 g/mol. The molecule has 1 fully saturated rings. The number of amides is 1. The predicted molar refractivity (Wildman–Crippen MR) is 103 cm³/mol. The van der Waals surface area contributed by atoms with Gasteiger partial charge in [0, 0.05) is 25.8 Å². The van der Waals surface area contributed by atoms with Gasteiger partial charge in [0.05, 0.1) is 11.5 Å². The second-order valence-electron chi connectivity index (χ2n) is 7.20. The monoisotopic (exact) mass is 381 g/mol. The van der Waals surface area contributed by atoms with Gasteiger partial charge in [-0.25, -0.2) is 8.42 Å². The predicted octanol–water partition coefficient (Wildman–Crippen LogP) is 3.82. The number of carbonyl (C=O) groups excluding carboxylic acids is 1. The maximum atomic E-state index is 12.4. The zero-order valence-electron chi connectivity index (χ0n) is 15.9. The van der Waals surface area contributed by atoms with Crippen LogP contribution in [0.1, 0.15) is 57.8 Å². The average Bonchev–Trinajstić information content (AvgIpc) is 2.57. The third-order valence-corrected chi connectivity index (χ3v) is 6.20. The molecule has 1 aromatic carbocycles. The summed E-state index contributed by atoms with van der Waals surface area (Å²) < 4.78 is 28.5. The highest BCUT2D eigenvalue weighted by atomic mass is 32.2. The Balaban J connectivity index is 1.72. The van der Waals surface area contributed by atoms with E-state index in [0.29, 0.717) is 31.2 Å². The Labute approximate surface area is 157 Å². The summed E-state index contributed by atoms with van der Waals surface area (Å²) in [4.78, 5) is 14.6. The molecule has 0 aromatic heterocycles. The van der Waals surface area contributed by atoms with Crippen LogP contribution in [0.25, 0.3) is 0 Å². The van der Waals surface area contributed by atoms with Gasteiger partial charge in [-0.05, 0) is 43.5 Å². The van der Waals surface area contributed by atoms with Crippen molar-refractivity contribution >= 4 is 15.7 Å². The van der Waals surface area contributed by atoms with Crippen molar-refractivity contribution in [2.75, 3.05) is 19.9 Å². The van der Waals surface area contributed by atoms with Crippen molar-refractivity contribution in [3.05, 3.63) is 24.3 Å². The van der Waals surface area contributed by atoms with Gasteiger partial charge >= 0.3 is 0 Å². The van der Waals surface area contributed by atoms with Crippen LogP contribution in [0.5, 0.6) is 5.75 Å². The van der Waals surface area contributed by atoms with Gasteiger partial charge in [-0.15, -0.1) is 0 Å². The molecule has 0 bridgehead atoms. The molecule has 2 rings (SSSR count). The zero-order chi connectivity index (χ0) is 19.0. The maximum Gasteiger partial charge on any atom is 0.222 e. The van der Waals surface area contributed by atoms with E-state index in [1.165, 1.54) is 50.5 Å². The lowest BCUT2D eigenvalue weighted by Gasteiger charge is -2.30. The largest absolute Gasteiger partial charge is 0.494 e. The van der Waals surface area contributed by atoms with Crippen molar-refractivity contribution in [2.24, 2.45) is 0 Å². The number of carbonyl (C=O) groups is 1. The summed E-state index contributed by atoms with van der Waals surface area (Å²) in [5.74, 6) is 0.810. The molecule has 146 valence electrons. The van der Waals surface area contributed by atoms with E-state index < -0.39 is 9.84 Å². The second kappa shape index (κ2) is 9.95. The molecule has 1 aliphatic rings. The zero-order valence-corrected chi connectivity index (χ0v) is 16.8. The molecule has 0 aliphatic heterocycles. The second-order valence-corrected chi connectivity index (χ2v) is 9.21. The van der Waals surface area contributed by atoms with E-state index in [9.17, 15) is 13.2 Å². The lowest BCUT2D eigenvalue weighted by Crippen LogP contribution is -2.37. The van der Waals surface area contributed by atoms with Crippen LogP contribution in [-0.2, 0) is 14.6 Å².